The molecule has 0 radical (unpaired) electrons. The lowest BCUT2D eigenvalue weighted by Crippen LogP contribution is -2.37. The molecule has 0 spiro atoms. The zero-order valence-electron chi connectivity index (χ0n) is 13.1. The van der Waals surface area contributed by atoms with Gasteiger partial charge in [0, 0.05) is 24.8 Å². The van der Waals surface area contributed by atoms with Crippen LogP contribution in [0.4, 0.5) is 0 Å². The number of carbonyl (C=O) groups excluding carboxylic acids is 1. The normalized spacial score (nSPS) is 12.0. The maximum Gasteiger partial charge on any atom is 0.260 e. The summed E-state index contributed by atoms with van der Waals surface area (Å²) in [7, 11) is 0. The molecule has 1 amide bonds. The van der Waals surface area contributed by atoms with E-state index in [2.05, 4.69) is 28.1 Å². The zero-order chi connectivity index (χ0) is 16.1. The number of fused-ring (bicyclic) bond motifs is 1. The number of ether oxygens (including phenoxy) is 1. The van der Waals surface area contributed by atoms with Gasteiger partial charge in [-0.25, -0.2) is 0 Å². The molecule has 23 heavy (non-hydrogen) atoms. The summed E-state index contributed by atoms with van der Waals surface area (Å²) in [4.78, 5) is 12.1. The minimum absolute atomic E-state index is 0.106. The third-order valence-electron chi connectivity index (χ3n) is 3.76. The third kappa shape index (κ3) is 3.72. The fourth-order valence-electron chi connectivity index (χ4n) is 2.54. The number of rotatable bonds is 6. The number of hydrogen-bond donors (Lipinski definition) is 1. The van der Waals surface area contributed by atoms with E-state index < -0.39 is 6.10 Å². The van der Waals surface area contributed by atoms with Crippen LogP contribution in [0.25, 0.3) is 10.9 Å². The summed E-state index contributed by atoms with van der Waals surface area (Å²) in [5.41, 5.74) is 1.18. The third-order valence-corrected chi connectivity index (χ3v) is 3.76. The Balaban J connectivity index is 1.51. The van der Waals surface area contributed by atoms with Gasteiger partial charge in [0.25, 0.3) is 5.91 Å². The van der Waals surface area contributed by atoms with Crippen LogP contribution >= 0.6 is 0 Å². The molecule has 1 atom stereocenters. The van der Waals surface area contributed by atoms with Crippen LogP contribution in [-0.2, 0) is 11.3 Å². The fraction of sp³-hybridized carbons (Fsp3) is 0.211. The molecule has 1 heterocycles. The zero-order valence-corrected chi connectivity index (χ0v) is 13.1. The highest BCUT2D eigenvalue weighted by Gasteiger charge is 2.13. The first-order valence-electron chi connectivity index (χ1n) is 7.77. The predicted molar refractivity (Wildman–Crippen MR) is 91.5 cm³/mol. The van der Waals surface area contributed by atoms with E-state index in [1.807, 2.05) is 48.7 Å². The molecule has 1 aromatic heterocycles. The summed E-state index contributed by atoms with van der Waals surface area (Å²) >= 11 is 0. The molecule has 2 aromatic carbocycles. The average Bonchev–Trinajstić information content (AvgIpc) is 2.99. The molecule has 3 aromatic rings. The number of nitrogens with zero attached hydrogens (tertiary/aromatic N) is 1. The second-order valence-electron chi connectivity index (χ2n) is 5.43. The van der Waals surface area contributed by atoms with Crippen molar-refractivity contribution in [2.75, 3.05) is 6.54 Å². The van der Waals surface area contributed by atoms with Gasteiger partial charge in [-0.3, -0.25) is 4.79 Å². The van der Waals surface area contributed by atoms with Crippen LogP contribution in [0.15, 0.2) is 66.9 Å². The standard InChI is InChI=1S/C19H20N2O2/c1-15(23-17-8-3-2-4-9-17)19(22)20-12-14-21-13-11-16-7-5-6-10-18(16)21/h2-11,13,15H,12,14H2,1H3,(H,20,22). The second kappa shape index (κ2) is 7.01. The number of carbonyl (C=O) groups is 1. The Hall–Kier alpha value is -2.75. The Kier molecular flexibility index (Phi) is 4.62. The number of amides is 1. The van der Waals surface area contributed by atoms with Crippen LogP contribution in [0.5, 0.6) is 5.75 Å². The first-order valence-corrected chi connectivity index (χ1v) is 7.77. The van der Waals surface area contributed by atoms with E-state index in [1.165, 1.54) is 10.9 Å². The Morgan fingerprint density at radius 1 is 1.09 bits per heavy atom. The molecule has 0 aliphatic carbocycles. The van der Waals surface area contributed by atoms with Gasteiger partial charge < -0.3 is 14.6 Å². The second-order valence-corrected chi connectivity index (χ2v) is 5.43. The number of benzene rings is 2. The highest BCUT2D eigenvalue weighted by molar-refractivity contribution is 5.81. The van der Waals surface area contributed by atoms with Crippen molar-refractivity contribution in [2.45, 2.75) is 19.6 Å². The van der Waals surface area contributed by atoms with Crippen LogP contribution in [0.2, 0.25) is 0 Å². The highest BCUT2D eigenvalue weighted by atomic mass is 16.5. The lowest BCUT2D eigenvalue weighted by atomic mass is 10.2. The summed E-state index contributed by atoms with van der Waals surface area (Å²) in [6.45, 7) is 3.06. The molecule has 0 saturated carbocycles. The van der Waals surface area contributed by atoms with Gasteiger partial charge in [-0.2, -0.15) is 0 Å². The Labute approximate surface area is 135 Å². The minimum Gasteiger partial charge on any atom is -0.481 e. The minimum atomic E-state index is -0.515. The summed E-state index contributed by atoms with van der Waals surface area (Å²) < 4.78 is 7.75. The molecule has 0 fully saturated rings. The monoisotopic (exact) mass is 308 g/mol. The van der Waals surface area contributed by atoms with E-state index in [1.54, 1.807) is 6.92 Å². The van der Waals surface area contributed by atoms with Crippen LogP contribution in [-0.4, -0.2) is 23.1 Å². The molecule has 0 bridgehead atoms. The van der Waals surface area contributed by atoms with Gasteiger partial charge >= 0.3 is 0 Å². The maximum absolute atomic E-state index is 12.1. The van der Waals surface area contributed by atoms with Crippen LogP contribution < -0.4 is 10.1 Å². The number of aromatic nitrogens is 1. The van der Waals surface area contributed by atoms with Crippen molar-refractivity contribution in [1.29, 1.82) is 0 Å². The van der Waals surface area contributed by atoms with Crippen molar-refractivity contribution in [3.63, 3.8) is 0 Å². The lowest BCUT2D eigenvalue weighted by molar-refractivity contribution is -0.127. The fourth-order valence-corrected chi connectivity index (χ4v) is 2.54. The van der Waals surface area contributed by atoms with Crippen LogP contribution in [0, 0.1) is 0 Å². The first kappa shape index (κ1) is 15.2. The maximum atomic E-state index is 12.1. The smallest absolute Gasteiger partial charge is 0.260 e. The Bertz CT molecular complexity index is 780. The molecular weight excluding hydrogens is 288 g/mol. The molecule has 1 unspecified atom stereocenters. The van der Waals surface area contributed by atoms with Gasteiger partial charge in [0.05, 0.1) is 0 Å². The lowest BCUT2D eigenvalue weighted by Gasteiger charge is -2.15. The van der Waals surface area contributed by atoms with Gasteiger partial charge in [0.2, 0.25) is 0 Å². The van der Waals surface area contributed by atoms with Crippen LogP contribution in [0.1, 0.15) is 6.92 Å². The van der Waals surface area contributed by atoms with Crippen molar-refractivity contribution in [2.24, 2.45) is 0 Å². The van der Waals surface area contributed by atoms with Gasteiger partial charge in [-0.1, -0.05) is 36.4 Å². The van der Waals surface area contributed by atoms with E-state index in [-0.39, 0.29) is 5.91 Å². The highest BCUT2D eigenvalue weighted by Crippen LogP contribution is 2.14. The van der Waals surface area contributed by atoms with Crippen molar-refractivity contribution in [3.05, 3.63) is 66.9 Å². The Morgan fingerprint density at radius 2 is 1.83 bits per heavy atom. The first-order chi connectivity index (χ1) is 11.2. The molecule has 118 valence electrons. The quantitative estimate of drug-likeness (QED) is 0.760. The SMILES string of the molecule is CC(Oc1ccccc1)C(=O)NCCn1ccc2ccccc21. The number of hydrogen-bond acceptors (Lipinski definition) is 2. The van der Waals surface area contributed by atoms with Crippen molar-refractivity contribution in [1.82, 2.24) is 9.88 Å². The summed E-state index contributed by atoms with van der Waals surface area (Å²) in [6.07, 6.45) is 1.53. The molecule has 0 saturated heterocycles. The summed E-state index contributed by atoms with van der Waals surface area (Å²) in [5.74, 6) is 0.594. The van der Waals surface area contributed by atoms with Gasteiger partial charge in [-0.05, 0) is 36.6 Å². The molecule has 3 rings (SSSR count). The van der Waals surface area contributed by atoms with E-state index in [0.717, 1.165) is 6.54 Å². The van der Waals surface area contributed by atoms with Gasteiger partial charge in [0.1, 0.15) is 5.75 Å². The van der Waals surface area contributed by atoms with Crippen molar-refractivity contribution >= 4 is 16.8 Å². The van der Waals surface area contributed by atoms with E-state index in [0.29, 0.717) is 12.3 Å². The number of nitrogens with one attached hydrogen (secondary N) is 1. The Morgan fingerprint density at radius 3 is 2.65 bits per heavy atom. The molecule has 4 heteroatoms. The molecule has 0 aliphatic rings. The average molecular weight is 308 g/mol. The van der Waals surface area contributed by atoms with Gasteiger partial charge in [0.15, 0.2) is 6.10 Å². The topological polar surface area (TPSA) is 43.3 Å². The van der Waals surface area contributed by atoms with Crippen molar-refractivity contribution < 1.29 is 9.53 Å². The van der Waals surface area contributed by atoms with Gasteiger partial charge in [-0.15, -0.1) is 0 Å². The van der Waals surface area contributed by atoms with Crippen molar-refractivity contribution in [3.8, 4) is 5.75 Å². The van der Waals surface area contributed by atoms with E-state index in [4.69, 9.17) is 4.74 Å². The summed E-state index contributed by atoms with van der Waals surface area (Å²) in [5, 5.41) is 4.13. The molecular formula is C19H20N2O2. The summed E-state index contributed by atoms with van der Waals surface area (Å²) in [6, 6.07) is 19.7. The molecule has 4 nitrogen and oxygen atoms in total. The number of para-hydroxylation sites is 2. The predicted octanol–water partition coefficient (Wildman–Crippen LogP) is 3.23. The van der Waals surface area contributed by atoms with E-state index in [9.17, 15) is 4.79 Å². The van der Waals surface area contributed by atoms with Crippen LogP contribution in [0.3, 0.4) is 0 Å². The molecule has 0 aliphatic heterocycles. The van der Waals surface area contributed by atoms with E-state index >= 15 is 0 Å². The molecule has 1 N–H and O–H groups in total. The largest absolute Gasteiger partial charge is 0.481 e.